The lowest BCUT2D eigenvalue weighted by Crippen LogP contribution is -2.22. The molecule has 6 nitrogen and oxygen atoms in total. The summed E-state index contributed by atoms with van der Waals surface area (Å²) in [6.45, 7) is 4.62. The number of aromatic nitrogens is 4. The maximum atomic E-state index is 13.0. The van der Waals surface area contributed by atoms with Gasteiger partial charge in [-0.15, -0.1) is 0 Å². The summed E-state index contributed by atoms with van der Waals surface area (Å²) in [7, 11) is 0. The monoisotopic (exact) mass is 387 g/mol. The molecule has 4 heterocycles. The highest BCUT2D eigenvalue weighted by molar-refractivity contribution is 6.10. The topological polar surface area (TPSA) is 63.9 Å². The summed E-state index contributed by atoms with van der Waals surface area (Å²) in [6.07, 6.45) is 1.02. The summed E-state index contributed by atoms with van der Waals surface area (Å²) < 4.78 is 40.7. The molecule has 28 heavy (non-hydrogen) atoms. The van der Waals surface area contributed by atoms with Crippen LogP contribution in [0.1, 0.15) is 34.1 Å². The predicted molar refractivity (Wildman–Crippen MR) is 95.6 cm³/mol. The molecular weight excluding hydrogens is 371 g/mol. The standard InChI is InChI=1S/C19H16F3N5O/c1-3-26-9-14(8-24-26)27-10-16-17(18(27)28)11(2)4-15(25-16)12-5-13(7-23-6-12)19(20,21)22/h4-9H,3,10H2,1-2H3. The Balaban J connectivity index is 1.73. The van der Waals surface area contributed by atoms with Crippen molar-refractivity contribution in [1.29, 1.82) is 0 Å². The molecule has 0 spiro atoms. The number of carbonyl (C=O) groups excluding carboxylic acids is 1. The minimum atomic E-state index is -4.49. The van der Waals surface area contributed by atoms with Gasteiger partial charge >= 0.3 is 6.18 Å². The van der Waals surface area contributed by atoms with E-state index in [4.69, 9.17) is 0 Å². The fraction of sp³-hybridized carbons (Fsp3) is 0.263. The number of pyridine rings is 2. The first-order valence-corrected chi connectivity index (χ1v) is 8.65. The first-order chi connectivity index (χ1) is 13.3. The Morgan fingerprint density at radius 3 is 2.64 bits per heavy atom. The van der Waals surface area contributed by atoms with Crippen molar-refractivity contribution < 1.29 is 18.0 Å². The van der Waals surface area contributed by atoms with Gasteiger partial charge in [-0.25, -0.2) is 0 Å². The van der Waals surface area contributed by atoms with E-state index in [1.807, 2.05) is 6.92 Å². The summed E-state index contributed by atoms with van der Waals surface area (Å²) in [4.78, 5) is 22.6. The number of halogens is 3. The van der Waals surface area contributed by atoms with Gasteiger partial charge in [0.15, 0.2) is 0 Å². The van der Waals surface area contributed by atoms with Crippen LogP contribution in [0.15, 0.2) is 36.9 Å². The highest BCUT2D eigenvalue weighted by Crippen LogP contribution is 2.34. The van der Waals surface area contributed by atoms with Crippen LogP contribution < -0.4 is 4.90 Å². The first kappa shape index (κ1) is 18.1. The first-order valence-electron chi connectivity index (χ1n) is 8.65. The number of carbonyl (C=O) groups is 1. The Bertz CT molecular complexity index is 1070. The second-order valence-corrected chi connectivity index (χ2v) is 6.55. The van der Waals surface area contributed by atoms with Crippen molar-refractivity contribution in [3.63, 3.8) is 0 Å². The van der Waals surface area contributed by atoms with E-state index < -0.39 is 11.7 Å². The number of fused-ring (bicyclic) bond motifs is 1. The SMILES string of the molecule is CCn1cc(N2Cc3nc(-c4cncc(C(F)(F)F)c4)cc(C)c3C2=O)cn1. The molecule has 0 saturated heterocycles. The second kappa shape index (κ2) is 6.43. The molecule has 3 aromatic rings. The molecule has 0 saturated carbocycles. The number of amides is 1. The highest BCUT2D eigenvalue weighted by Gasteiger charge is 2.34. The molecule has 1 amide bonds. The van der Waals surface area contributed by atoms with Crippen LogP contribution in [0.4, 0.5) is 18.9 Å². The van der Waals surface area contributed by atoms with Gasteiger partial charge in [0.05, 0.1) is 40.9 Å². The lowest BCUT2D eigenvalue weighted by Gasteiger charge is -2.12. The number of rotatable bonds is 3. The van der Waals surface area contributed by atoms with Gasteiger partial charge in [0, 0.05) is 30.7 Å². The van der Waals surface area contributed by atoms with E-state index in [9.17, 15) is 18.0 Å². The molecule has 0 fully saturated rings. The van der Waals surface area contributed by atoms with Crippen LogP contribution in [0.2, 0.25) is 0 Å². The molecular formula is C19H16F3N5O. The molecule has 0 atom stereocenters. The van der Waals surface area contributed by atoms with Crippen molar-refractivity contribution >= 4 is 11.6 Å². The van der Waals surface area contributed by atoms with Crippen LogP contribution in [-0.2, 0) is 19.3 Å². The van der Waals surface area contributed by atoms with E-state index >= 15 is 0 Å². The lowest BCUT2D eigenvalue weighted by atomic mass is 10.0. The Labute approximate surface area is 158 Å². The Kier molecular flexibility index (Phi) is 4.17. The number of hydrogen-bond donors (Lipinski definition) is 0. The normalized spacial score (nSPS) is 13.9. The third-order valence-corrected chi connectivity index (χ3v) is 4.68. The lowest BCUT2D eigenvalue weighted by molar-refractivity contribution is -0.137. The summed E-state index contributed by atoms with van der Waals surface area (Å²) in [5.74, 6) is -0.190. The van der Waals surface area contributed by atoms with E-state index in [1.165, 1.54) is 6.20 Å². The van der Waals surface area contributed by atoms with Gasteiger partial charge in [-0.05, 0) is 31.5 Å². The molecule has 1 aliphatic rings. The summed E-state index contributed by atoms with van der Waals surface area (Å²) in [5, 5.41) is 4.18. The molecule has 0 aromatic carbocycles. The average Bonchev–Trinajstić information content (AvgIpc) is 3.25. The van der Waals surface area contributed by atoms with Gasteiger partial charge in [0.2, 0.25) is 0 Å². The molecule has 0 radical (unpaired) electrons. The second-order valence-electron chi connectivity index (χ2n) is 6.55. The van der Waals surface area contributed by atoms with Gasteiger partial charge in [0.1, 0.15) is 0 Å². The van der Waals surface area contributed by atoms with E-state index in [-0.39, 0.29) is 18.0 Å². The number of hydrogen-bond acceptors (Lipinski definition) is 4. The summed E-state index contributed by atoms with van der Waals surface area (Å²) in [6, 6.07) is 2.63. The molecule has 3 aromatic heterocycles. The Morgan fingerprint density at radius 2 is 1.96 bits per heavy atom. The molecule has 1 aliphatic heterocycles. The highest BCUT2D eigenvalue weighted by atomic mass is 19.4. The van der Waals surface area contributed by atoms with Crippen LogP contribution in [0.25, 0.3) is 11.3 Å². The van der Waals surface area contributed by atoms with Crippen molar-refractivity contribution in [2.45, 2.75) is 33.1 Å². The summed E-state index contributed by atoms with van der Waals surface area (Å²) in [5.41, 5.74) is 2.10. The van der Waals surface area contributed by atoms with Crippen LogP contribution in [0, 0.1) is 6.92 Å². The van der Waals surface area contributed by atoms with Crippen LogP contribution in [0.5, 0.6) is 0 Å². The quantitative estimate of drug-likeness (QED) is 0.685. The van der Waals surface area contributed by atoms with Gasteiger partial charge < -0.3 is 0 Å². The Hall–Kier alpha value is -3.23. The number of nitrogens with zero attached hydrogens (tertiary/aromatic N) is 5. The van der Waals surface area contributed by atoms with Crippen LogP contribution in [-0.4, -0.2) is 25.7 Å². The molecule has 0 N–H and O–H groups in total. The zero-order chi connectivity index (χ0) is 20.1. The zero-order valence-corrected chi connectivity index (χ0v) is 15.2. The predicted octanol–water partition coefficient (Wildman–Crippen LogP) is 3.85. The third kappa shape index (κ3) is 3.02. The van der Waals surface area contributed by atoms with E-state index in [0.717, 1.165) is 12.3 Å². The van der Waals surface area contributed by atoms with Gasteiger partial charge in [-0.3, -0.25) is 24.3 Å². The molecule has 144 valence electrons. The van der Waals surface area contributed by atoms with Crippen molar-refractivity contribution in [2.75, 3.05) is 4.90 Å². The minimum absolute atomic E-state index is 0.190. The molecule has 0 unspecified atom stereocenters. The van der Waals surface area contributed by atoms with E-state index in [2.05, 4.69) is 15.1 Å². The van der Waals surface area contributed by atoms with Crippen molar-refractivity contribution in [2.24, 2.45) is 0 Å². The van der Waals surface area contributed by atoms with Gasteiger partial charge in [0.25, 0.3) is 5.91 Å². The number of anilines is 1. The smallest absolute Gasteiger partial charge is 0.299 e. The molecule has 0 aliphatic carbocycles. The van der Waals surface area contributed by atoms with Crippen molar-refractivity contribution in [3.8, 4) is 11.3 Å². The fourth-order valence-corrected chi connectivity index (χ4v) is 3.26. The number of aryl methyl sites for hydroxylation is 2. The van der Waals surface area contributed by atoms with Crippen LogP contribution in [0.3, 0.4) is 0 Å². The van der Waals surface area contributed by atoms with Crippen molar-refractivity contribution in [3.05, 3.63) is 59.3 Å². The molecule has 9 heteroatoms. The molecule has 0 bridgehead atoms. The van der Waals surface area contributed by atoms with E-state index in [1.54, 1.807) is 35.0 Å². The van der Waals surface area contributed by atoms with Crippen LogP contribution >= 0.6 is 0 Å². The van der Waals surface area contributed by atoms with Crippen molar-refractivity contribution in [1.82, 2.24) is 19.7 Å². The largest absolute Gasteiger partial charge is 0.417 e. The Morgan fingerprint density at radius 1 is 1.18 bits per heavy atom. The average molecular weight is 387 g/mol. The summed E-state index contributed by atoms with van der Waals surface area (Å²) >= 11 is 0. The molecule has 4 rings (SSSR count). The van der Waals surface area contributed by atoms with Gasteiger partial charge in [-0.2, -0.15) is 18.3 Å². The maximum Gasteiger partial charge on any atom is 0.417 e. The fourth-order valence-electron chi connectivity index (χ4n) is 3.26. The zero-order valence-electron chi connectivity index (χ0n) is 15.2. The van der Waals surface area contributed by atoms with E-state index in [0.29, 0.717) is 34.7 Å². The minimum Gasteiger partial charge on any atom is -0.299 e. The maximum absolute atomic E-state index is 13.0. The van der Waals surface area contributed by atoms with Gasteiger partial charge in [-0.1, -0.05) is 0 Å². The third-order valence-electron chi connectivity index (χ3n) is 4.68. The number of alkyl halides is 3.